The van der Waals surface area contributed by atoms with Crippen molar-refractivity contribution in [1.82, 2.24) is 9.88 Å². The highest BCUT2D eigenvalue weighted by Crippen LogP contribution is 2.32. The normalized spacial score (nSPS) is 24.2. The van der Waals surface area contributed by atoms with Gasteiger partial charge in [0.1, 0.15) is 0 Å². The minimum atomic E-state index is -0.731. The maximum absolute atomic E-state index is 13.6. The number of morpholine rings is 1. The smallest absolute Gasteiger partial charge is 0.260 e. The number of hydrogen-bond donors (Lipinski definition) is 0. The molecular formula is C22H27N3O2. The fourth-order valence-electron chi connectivity index (χ4n) is 4.18. The van der Waals surface area contributed by atoms with Crippen LogP contribution in [0.5, 0.6) is 0 Å². The zero-order chi connectivity index (χ0) is 18.7. The van der Waals surface area contributed by atoms with Gasteiger partial charge in [-0.15, -0.1) is 0 Å². The number of ether oxygens (including phenoxy) is 1. The number of pyridine rings is 1. The Bertz CT molecular complexity index is 795. The van der Waals surface area contributed by atoms with E-state index in [0.717, 1.165) is 44.6 Å². The van der Waals surface area contributed by atoms with Crippen LogP contribution in [0.25, 0.3) is 0 Å². The predicted molar refractivity (Wildman–Crippen MR) is 106 cm³/mol. The molecule has 0 bridgehead atoms. The number of anilines is 1. The van der Waals surface area contributed by atoms with E-state index >= 15 is 0 Å². The van der Waals surface area contributed by atoms with E-state index in [1.807, 2.05) is 47.6 Å². The number of nitrogens with zero attached hydrogens (tertiary/aromatic N) is 3. The summed E-state index contributed by atoms with van der Waals surface area (Å²) in [6.45, 7) is 5.78. The van der Waals surface area contributed by atoms with Gasteiger partial charge in [0.15, 0.2) is 5.60 Å². The molecule has 2 aromatic rings. The van der Waals surface area contributed by atoms with Gasteiger partial charge in [-0.05, 0) is 55.5 Å². The third-order valence-electron chi connectivity index (χ3n) is 5.71. The first-order valence-electron chi connectivity index (χ1n) is 9.81. The van der Waals surface area contributed by atoms with Crippen LogP contribution in [0.1, 0.15) is 30.4 Å². The van der Waals surface area contributed by atoms with Crippen molar-refractivity contribution in [2.75, 3.05) is 31.1 Å². The van der Waals surface area contributed by atoms with Crippen LogP contribution in [-0.2, 0) is 16.1 Å². The molecule has 2 aliphatic rings. The summed E-state index contributed by atoms with van der Waals surface area (Å²) in [4.78, 5) is 22.0. The number of carbonyl (C=O) groups excluding carboxylic acids is 1. The second-order valence-electron chi connectivity index (χ2n) is 7.61. The van der Waals surface area contributed by atoms with E-state index in [4.69, 9.17) is 4.74 Å². The quantitative estimate of drug-likeness (QED) is 0.838. The van der Waals surface area contributed by atoms with Gasteiger partial charge in [0.2, 0.25) is 0 Å². The Balaban J connectivity index is 1.56. The van der Waals surface area contributed by atoms with Gasteiger partial charge in [-0.3, -0.25) is 14.7 Å². The van der Waals surface area contributed by atoms with Gasteiger partial charge in [-0.1, -0.05) is 18.2 Å². The van der Waals surface area contributed by atoms with E-state index in [1.165, 1.54) is 11.1 Å². The van der Waals surface area contributed by atoms with Gasteiger partial charge in [-0.25, -0.2) is 0 Å². The number of aromatic nitrogens is 1. The van der Waals surface area contributed by atoms with Crippen LogP contribution >= 0.6 is 0 Å². The molecule has 2 aliphatic heterocycles. The fourth-order valence-corrected chi connectivity index (χ4v) is 4.18. The number of rotatable bonds is 3. The third-order valence-corrected chi connectivity index (χ3v) is 5.71. The van der Waals surface area contributed by atoms with Crippen LogP contribution in [0, 0.1) is 6.92 Å². The fraction of sp³-hybridized carbons (Fsp3) is 0.455. The van der Waals surface area contributed by atoms with Crippen molar-refractivity contribution in [3.05, 3.63) is 59.9 Å². The van der Waals surface area contributed by atoms with E-state index in [9.17, 15) is 4.79 Å². The maximum atomic E-state index is 13.6. The molecule has 4 rings (SSSR count). The lowest BCUT2D eigenvalue weighted by molar-refractivity contribution is -0.158. The molecule has 1 aromatic heterocycles. The van der Waals surface area contributed by atoms with Crippen molar-refractivity contribution in [1.29, 1.82) is 0 Å². The van der Waals surface area contributed by atoms with E-state index in [2.05, 4.69) is 22.9 Å². The number of hydrogen-bond acceptors (Lipinski definition) is 4. The molecule has 0 saturated carbocycles. The van der Waals surface area contributed by atoms with Crippen molar-refractivity contribution in [3.8, 4) is 0 Å². The molecule has 1 atom stereocenters. The molecule has 5 nitrogen and oxygen atoms in total. The van der Waals surface area contributed by atoms with Crippen molar-refractivity contribution in [2.24, 2.45) is 0 Å². The molecule has 2 saturated heterocycles. The Labute approximate surface area is 161 Å². The molecule has 0 radical (unpaired) electrons. The summed E-state index contributed by atoms with van der Waals surface area (Å²) in [5.41, 5.74) is 2.69. The zero-order valence-electron chi connectivity index (χ0n) is 15.9. The highest BCUT2D eigenvalue weighted by molar-refractivity contribution is 6.00. The van der Waals surface area contributed by atoms with Crippen LogP contribution in [0.15, 0.2) is 48.8 Å². The summed E-state index contributed by atoms with van der Waals surface area (Å²) in [7, 11) is 0. The van der Waals surface area contributed by atoms with Crippen LogP contribution in [-0.4, -0.2) is 47.6 Å². The first-order chi connectivity index (χ1) is 13.2. The van der Waals surface area contributed by atoms with E-state index < -0.39 is 5.60 Å². The number of carbonyl (C=O) groups is 1. The van der Waals surface area contributed by atoms with Crippen molar-refractivity contribution in [2.45, 2.75) is 38.3 Å². The van der Waals surface area contributed by atoms with Gasteiger partial charge in [-0.2, -0.15) is 0 Å². The van der Waals surface area contributed by atoms with Crippen LogP contribution in [0.2, 0.25) is 0 Å². The second-order valence-corrected chi connectivity index (χ2v) is 7.61. The second kappa shape index (κ2) is 7.79. The number of aryl methyl sites for hydroxylation is 1. The lowest BCUT2D eigenvalue weighted by atomic mass is 9.93. The Kier molecular flexibility index (Phi) is 5.23. The lowest BCUT2D eigenvalue weighted by Crippen LogP contribution is -2.59. The minimum absolute atomic E-state index is 0.113. The van der Waals surface area contributed by atoms with Crippen LogP contribution in [0.3, 0.4) is 0 Å². The number of para-hydroxylation sites is 1. The monoisotopic (exact) mass is 365 g/mol. The Morgan fingerprint density at radius 1 is 1.15 bits per heavy atom. The summed E-state index contributed by atoms with van der Waals surface area (Å²) in [6.07, 6.45) is 6.55. The molecule has 0 aliphatic carbocycles. The summed E-state index contributed by atoms with van der Waals surface area (Å²) in [5, 5.41) is 0. The average Bonchev–Trinajstić information content (AvgIpc) is 2.84. The highest BCUT2D eigenvalue weighted by atomic mass is 16.5. The minimum Gasteiger partial charge on any atom is -0.362 e. The lowest BCUT2D eigenvalue weighted by Gasteiger charge is -2.43. The van der Waals surface area contributed by atoms with Crippen LogP contribution < -0.4 is 4.90 Å². The Morgan fingerprint density at radius 2 is 2.00 bits per heavy atom. The van der Waals surface area contributed by atoms with Crippen molar-refractivity contribution in [3.63, 3.8) is 0 Å². The topological polar surface area (TPSA) is 45.7 Å². The first kappa shape index (κ1) is 18.1. The summed E-state index contributed by atoms with van der Waals surface area (Å²) < 4.78 is 6.20. The zero-order valence-corrected chi connectivity index (χ0v) is 15.9. The molecule has 5 heteroatoms. The summed E-state index contributed by atoms with van der Waals surface area (Å²) in [5.74, 6) is 0.113. The molecule has 1 amide bonds. The van der Waals surface area contributed by atoms with E-state index in [-0.39, 0.29) is 5.91 Å². The average molecular weight is 365 g/mol. The maximum Gasteiger partial charge on any atom is 0.260 e. The molecule has 0 N–H and O–H groups in total. The molecule has 3 heterocycles. The van der Waals surface area contributed by atoms with E-state index in [1.54, 1.807) is 0 Å². The summed E-state index contributed by atoms with van der Waals surface area (Å²) in [6, 6.07) is 12.1. The highest BCUT2D eigenvalue weighted by Gasteiger charge is 2.47. The van der Waals surface area contributed by atoms with Crippen LogP contribution in [0.4, 0.5) is 5.69 Å². The Hall–Kier alpha value is -2.24. The van der Waals surface area contributed by atoms with E-state index in [0.29, 0.717) is 13.2 Å². The SMILES string of the molecule is Cc1cnccc1CN1CCOC2(CCCCN(c3ccccc3)C2=O)C1. The molecule has 1 unspecified atom stereocenters. The number of benzene rings is 1. The van der Waals surface area contributed by atoms with Gasteiger partial charge in [0, 0.05) is 44.3 Å². The van der Waals surface area contributed by atoms with Gasteiger partial charge >= 0.3 is 0 Å². The van der Waals surface area contributed by atoms with Crippen molar-refractivity contribution >= 4 is 11.6 Å². The standard InChI is InChI=1S/C22H27N3O2/c1-18-15-23-11-9-19(18)16-24-13-14-27-22(17-24)10-5-6-12-25(21(22)26)20-7-3-2-4-8-20/h2-4,7-9,11,15H,5-6,10,12-14,16-17H2,1H3. The van der Waals surface area contributed by atoms with Gasteiger partial charge in [0.25, 0.3) is 5.91 Å². The largest absolute Gasteiger partial charge is 0.362 e. The Morgan fingerprint density at radius 3 is 2.81 bits per heavy atom. The summed E-state index contributed by atoms with van der Waals surface area (Å²) >= 11 is 0. The van der Waals surface area contributed by atoms with Crippen molar-refractivity contribution < 1.29 is 9.53 Å². The van der Waals surface area contributed by atoms with Gasteiger partial charge in [0.05, 0.1) is 6.61 Å². The molecule has 1 spiro atoms. The first-order valence-corrected chi connectivity index (χ1v) is 9.81. The molecule has 142 valence electrons. The molecule has 27 heavy (non-hydrogen) atoms. The third kappa shape index (κ3) is 3.75. The molecule has 1 aromatic carbocycles. The molecule has 2 fully saturated rings. The van der Waals surface area contributed by atoms with Gasteiger partial charge < -0.3 is 9.64 Å². The number of amides is 1. The predicted octanol–water partition coefficient (Wildman–Crippen LogP) is 3.18. The molecular weight excluding hydrogens is 338 g/mol.